The topological polar surface area (TPSA) is 122 Å². The van der Waals surface area contributed by atoms with Gasteiger partial charge in [-0.25, -0.2) is 10.8 Å². The summed E-state index contributed by atoms with van der Waals surface area (Å²) in [6, 6.07) is -0.500. The molecule has 1 unspecified atom stereocenters. The first kappa shape index (κ1) is 12.7. The first-order chi connectivity index (χ1) is 8.60. The first-order valence-corrected chi connectivity index (χ1v) is 5.99. The van der Waals surface area contributed by atoms with E-state index < -0.39 is 6.04 Å². The van der Waals surface area contributed by atoms with Gasteiger partial charge in [0.2, 0.25) is 17.8 Å². The lowest BCUT2D eigenvalue weighted by Crippen LogP contribution is -2.47. The molecule has 0 radical (unpaired) electrons. The van der Waals surface area contributed by atoms with Gasteiger partial charge in [-0.05, 0) is 22.4 Å². The highest BCUT2D eigenvalue weighted by atomic mass is 79.9. The fourth-order valence-electron chi connectivity index (χ4n) is 1.53. The SMILES string of the molecule is NNc1ncc(Br)c(NC2CCC(=O)NC2=O)n1. The highest BCUT2D eigenvalue weighted by molar-refractivity contribution is 9.10. The van der Waals surface area contributed by atoms with Gasteiger partial charge in [0.05, 0.1) is 4.47 Å². The van der Waals surface area contributed by atoms with Crippen molar-refractivity contribution in [2.45, 2.75) is 18.9 Å². The zero-order chi connectivity index (χ0) is 13.1. The third-order valence-corrected chi connectivity index (χ3v) is 3.00. The Balaban J connectivity index is 2.13. The Morgan fingerprint density at radius 1 is 1.50 bits per heavy atom. The molecule has 1 saturated heterocycles. The molecule has 0 saturated carbocycles. The molecule has 1 atom stereocenters. The van der Waals surface area contributed by atoms with Crippen molar-refractivity contribution in [1.82, 2.24) is 15.3 Å². The van der Waals surface area contributed by atoms with Gasteiger partial charge in [0.15, 0.2) is 0 Å². The second-order valence-corrected chi connectivity index (χ2v) is 4.54. The molecule has 0 spiro atoms. The number of hydrogen-bond acceptors (Lipinski definition) is 7. The van der Waals surface area contributed by atoms with Crippen molar-refractivity contribution in [3.05, 3.63) is 10.7 Å². The van der Waals surface area contributed by atoms with Crippen LogP contribution in [-0.2, 0) is 9.59 Å². The maximum Gasteiger partial charge on any atom is 0.249 e. The summed E-state index contributed by atoms with van der Waals surface area (Å²) in [6.07, 6.45) is 2.23. The molecule has 9 heteroatoms. The number of anilines is 2. The molecule has 96 valence electrons. The summed E-state index contributed by atoms with van der Waals surface area (Å²) in [5.74, 6) is 5.25. The number of amides is 2. The number of carbonyl (C=O) groups excluding carboxylic acids is 2. The molecule has 0 aliphatic carbocycles. The third kappa shape index (κ3) is 2.74. The molecule has 2 rings (SSSR count). The van der Waals surface area contributed by atoms with Gasteiger partial charge < -0.3 is 5.32 Å². The Bertz CT molecular complexity index is 494. The van der Waals surface area contributed by atoms with Gasteiger partial charge in [-0.2, -0.15) is 4.98 Å². The fourth-order valence-corrected chi connectivity index (χ4v) is 1.84. The number of piperidine rings is 1. The quantitative estimate of drug-likeness (QED) is 0.344. The van der Waals surface area contributed by atoms with Crippen molar-refractivity contribution in [2.24, 2.45) is 5.84 Å². The van der Waals surface area contributed by atoms with Crippen molar-refractivity contribution in [2.75, 3.05) is 10.7 Å². The lowest BCUT2D eigenvalue weighted by molar-refractivity contribution is -0.133. The Hall–Kier alpha value is -1.74. The summed E-state index contributed by atoms with van der Waals surface area (Å²) >= 11 is 3.26. The monoisotopic (exact) mass is 314 g/mol. The number of imide groups is 1. The average molecular weight is 315 g/mol. The second kappa shape index (κ2) is 5.27. The number of nitrogens with zero attached hydrogens (tertiary/aromatic N) is 2. The van der Waals surface area contributed by atoms with E-state index in [-0.39, 0.29) is 17.8 Å². The molecule has 1 aromatic heterocycles. The van der Waals surface area contributed by atoms with Gasteiger partial charge in [-0.1, -0.05) is 0 Å². The van der Waals surface area contributed by atoms with E-state index in [1.165, 1.54) is 6.20 Å². The number of carbonyl (C=O) groups is 2. The third-order valence-electron chi connectivity index (χ3n) is 2.42. The van der Waals surface area contributed by atoms with E-state index in [1.807, 2.05) is 0 Å². The summed E-state index contributed by atoms with van der Waals surface area (Å²) in [7, 11) is 0. The molecule has 2 heterocycles. The van der Waals surface area contributed by atoms with Crippen LogP contribution in [0.4, 0.5) is 11.8 Å². The molecule has 0 bridgehead atoms. The highest BCUT2D eigenvalue weighted by Gasteiger charge is 2.27. The Kier molecular flexibility index (Phi) is 3.72. The zero-order valence-electron chi connectivity index (χ0n) is 9.24. The molecular formula is C9H11BrN6O2. The lowest BCUT2D eigenvalue weighted by Gasteiger charge is -2.22. The standard InChI is InChI=1S/C9H11BrN6O2/c10-4-3-12-9(16-11)15-7(4)13-5-1-2-6(17)14-8(5)18/h3,5H,1-2,11H2,(H,14,17,18)(H2,12,13,15,16). The van der Waals surface area contributed by atoms with Crippen LogP contribution in [0.15, 0.2) is 10.7 Å². The summed E-state index contributed by atoms with van der Waals surface area (Å²) in [6.45, 7) is 0. The second-order valence-electron chi connectivity index (χ2n) is 3.68. The Labute approximate surface area is 111 Å². The van der Waals surface area contributed by atoms with Crippen LogP contribution in [0.2, 0.25) is 0 Å². The summed E-state index contributed by atoms with van der Waals surface area (Å²) in [5.41, 5.74) is 2.31. The maximum atomic E-state index is 11.6. The van der Waals surface area contributed by atoms with Crippen LogP contribution in [0, 0.1) is 0 Å². The number of aromatic nitrogens is 2. The number of nitrogen functional groups attached to an aromatic ring is 1. The summed E-state index contributed by atoms with van der Waals surface area (Å²) in [5, 5.41) is 5.19. The van der Waals surface area contributed by atoms with Crippen LogP contribution in [-0.4, -0.2) is 27.8 Å². The van der Waals surface area contributed by atoms with Crippen LogP contribution < -0.4 is 21.9 Å². The molecule has 1 aliphatic rings. The van der Waals surface area contributed by atoms with E-state index in [1.54, 1.807) is 0 Å². The molecule has 0 aromatic carbocycles. The first-order valence-electron chi connectivity index (χ1n) is 5.19. The number of halogens is 1. The summed E-state index contributed by atoms with van der Waals surface area (Å²) < 4.78 is 0.603. The normalized spacial score (nSPS) is 19.3. The summed E-state index contributed by atoms with van der Waals surface area (Å²) in [4.78, 5) is 30.6. The zero-order valence-corrected chi connectivity index (χ0v) is 10.8. The largest absolute Gasteiger partial charge is 0.357 e. The predicted octanol–water partition coefficient (Wildman–Crippen LogP) is -0.258. The highest BCUT2D eigenvalue weighted by Crippen LogP contribution is 2.22. The fraction of sp³-hybridized carbons (Fsp3) is 0.333. The van der Waals surface area contributed by atoms with E-state index in [9.17, 15) is 9.59 Å². The minimum atomic E-state index is -0.500. The van der Waals surface area contributed by atoms with E-state index >= 15 is 0 Å². The van der Waals surface area contributed by atoms with E-state index in [0.717, 1.165) is 0 Å². The van der Waals surface area contributed by atoms with Gasteiger partial charge in [-0.3, -0.25) is 20.3 Å². The number of nitrogens with one attached hydrogen (secondary N) is 3. The number of nitrogens with two attached hydrogens (primary N) is 1. The van der Waals surface area contributed by atoms with E-state index in [2.05, 4.69) is 42.0 Å². The molecule has 1 aromatic rings. The minimum Gasteiger partial charge on any atom is -0.357 e. The molecule has 18 heavy (non-hydrogen) atoms. The smallest absolute Gasteiger partial charge is 0.249 e. The molecule has 1 aliphatic heterocycles. The lowest BCUT2D eigenvalue weighted by atomic mass is 10.1. The van der Waals surface area contributed by atoms with Crippen molar-refractivity contribution in [1.29, 1.82) is 0 Å². The van der Waals surface area contributed by atoms with Gasteiger partial charge in [0.1, 0.15) is 11.9 Å². The van der Waals surface area contributed by atoms with Gasteiger partial charge in [0.25, 0.3) is 0 Å². The number of rotatable bonds is 3. The average Bonchev–Trinajstić information content (AvgIpc) is 2.35. The van der Waals surface area contributed by atoms with Crippen molar-refractivity contribution in [3.63, 3.8) is 0 Å². The van der Waals surface area contributed by atoms with E-state index in [0.29, 0.717) is 23.1 Å². The predicted molar refractivity (Wildman–Crippen MR) is 67.3 cm³/mol. The molecular weight excluding hydrogens is 304 g/mol. The van der Waals surface area contributed by atoms with Crippen molar-refractivity contribution in [3.8, 4) is 0 Å². The molecule has 5 N–H and O–H groups in total. The van der Waals surface area contributed by atoms with Crippen LogP contribution in [0.1, 0.15) is 12.8 Å². The number of hydrogen-bond donors (Lipinski definition) is 4. The van der Waals surface area contributed by atoms with Crippen molar-refractivity contribution < 1.29 is 9.59 Å². The van der Waals surface area contributed by atoms with E-state index in [4.69, 9.17) is 5.84 Å². The van der Waals surface area contributed by atoms with Crippen LogP contribution >= 0.6 is 15.9 Å². The molecule has 1 fully saturated rings. The van der Waals surface area contributed by atoms with Crippen LogP contribution in [0.3, 0.4) is 0 Å². The van der Waals surface area contributed by atoms with Gasteiger partial charge in [0, 0.05) is 12.6 Å². The Morgan fingerprint density at radius 3 is 2.94 bits per heavy atom. The minimum absolute atomic E-state index is 0.230. The number of hydrazine groups is 1. The Morgan fingerprint density at radius 2 is 2.28 bits per heavy atom. The van der Waals surface area contributed by atoms with Gasteiger partial charge >= 0.3 is 0 Å². The van der Waals surface area contributed by atoms with Crippen LogP contribution in [0.25, 0.3) is 0 Å². The van der Waals surface area contributed by atoms with Crippen LogP contribution in [0.5, 0.6) is 0 Å². The molecule has 2 amide bonds. The van der Waals surface area contributed by atoms with Gasteiger partial charge in [-0.15, -0.1) is 0 Å². The van der Waals surface area contributed by atoms with Crippen molar-refractivity contribution >= 4 is 39.5 Å². The maximum absolute atomic E-state index is 11.6. The molecule has 8 nitrogen and oxygen atoms in total.